The lowest BCUT2D eigenvalue weighted by Gasteiger charge is -2.02. The van der Waals surface area contributed by atoms with E-state index < -0.39 is 0 Å². The quantitative estimate of drug-likeness (QED) is 0.615. The SMILES string of the molecule is CCOC(=O)/C=C/c1cn2cc(C)nc2cc1C. The van der Waals surface area contributed by atoms with E-state index in [9.17, 15) is 4.79 Å². The Kier molecular flexibility index (Phi) is 3.46. The Bertz CT molecular complexity index is 612. The molecule has 0 spiro atoms. The number of rotatable bonds is 3. The fourth-order valence-corrected chi connectivity index (χ4v) is 1.80. The molecule has 0 aliphatic rings. The third-order valence-corrected chi connectivity index (χ3v) is 2.65. The Labute approximate surface area is 106 Å². The minimum Gasteiger partial charge on any atom is -0.463 e. The smallest absolute Gasteiger partial charge is 0.330 e. The van der Waals surface area contributed by atoms with E-state index in [0.29, 0.717) is 6.61 Å². The van der Waals surface area contributed by atoms with E-state index >= 15 is 0 Å². The van der Waals surface area contributed by atoms with Crippen LogP contribution in [0.5, 0.6) is 0 Å². The predicted octanol–water partition coefficient (Wildman–Crippen LogP) is 2.53. The van der Waals surface area contributed by atoms with Crippen LogP contribution < -0.4 is 0 Å². The molecular formula is C14H16N2O2. The summed E-state index contributed by atoms with van der Waals surface area (Å²) >= 11 is 0. The minimum atomic E-state index is -0.321. The van der Waals surface area contributed by atoms with E-state index in [-0.39, 0.29) is 5.97 Å². The summed E-state index contributed by atoms with van der Waals surface area (Å²) in [6.07, 6.45) is 7.13. The van der Waals surface area contributed by atoms with Gasteiger partial charge in [0, 0.05) is 18.5 Å². The molecule has 2 aromatic heterocycles. The van der Waals surface area contributed by atoms with Crippen molar-refractivity contribution in [3.63, 3.8) is 0 Å². The van der Waals surface area contributed by atoms with Gasteiger partial charge in [0.1, 0.15) is 5.65 Å². The average molecular weight is 244 g/mol. The first-order chi connectivity index (χ1) is 8.60. The molecule has 2 aromatic rings. The van der Waals surface area contributed by atoms with E-state index in [1.807, 2.05) is 36.7 Å². The van der Waals surface area contributed by atoms with Crippen LogP contribution in [0.15, 0.2) is 24.5 Å². The van der Waals surface area contributed by atoms with Gasteiger partial charge in [-0.05, 0) is 44.0 Å². The van der Waals surface area contributed by atoms with Crippen LogP contribution in [0.3, 0.4) is 0 Å². The second kappa shape index (κ2) is 5.04. The van der Waals surface area contributed by atoms with Crippen molar-refractivity contribution >= 4 is 17.7 Å². The summed E-state index contributed by atoms with van der Waals surface area (Å²) in [7, 11) is 0. The van der Waals surface area contributed by atoms with Crippen molar-refractivity contribution in [1.29, 1.82) is 0 Å². The molecule has 0 fully saturated rings. The van der Waals surface area contributed by atoms with Crippen molar-refractivity contribution in [2.75, 3.05) is 6.61 Å². The summed E-state index contributed by atoms with van der Waals surface area (Å²) in [6.45, 7) is 6.13. The topological polar surface area (TPSA) is 43.6 Å². The van der Waals surface area contributed by atoms with Gasteiger partial charge in [-0.3, -0.25) is 0 Å². The Morgan fingerprint density at radius 2 is 2.22 bits per heavy atom. The highest BCUT2D eigenvalue weighted by Crippen LogP contribution is 2.14. The highest BCUT2D eigenvalue weighted by molar-refractivity contribution is 5.87. The summed E-state index contributed by atoms with van der Waals surface area (Å²) in [4.78, 5) is 15.7. The fourth-order valence-electron chi connectivity index (χ4n) is 1.80. The van der Waals surface area contributed by atoms with E-state index in [1.165, 1.54) is 6.08 Å². The van der Waals surface area contributed by atoms with Crippen molar-refractivity contribution in [1.82, 2.24) is 9.38 Å². The lowest BCUT2D eigenvalue weighted by atomic mass is 10.1. The van der Waals surface area contributed by atoms with Gasteiger partial charge in [0.05, 0.1) is 12.3 Å². The van der Waals surface area contributed by atoms with Crippen LogP contribution in [-0.2, 0) is 9.53 Å². The largest absolute Gasteiger partial charge is 0.463 e. The molecule has 0 unspecified atom stereocenters. The molecule has 0 saturated carbocycles. The minimum absolute atomic E-state index is 0.321. The molecule has 4 heteroatoms. The number of ether oxygens (including phenoxy) is 1. The number of carbonyl (C=O) groups is 1. The summed E-state index contributed by atoms with van der Waals surface area (Å²) in [6, 6.07) is 2.00. The standard InChI is InChI=1S/C14H16N2O2/c1-4-18-14(17)6-5-12-9-16-8-11(3)15-13(16)7-10(12)2/h5-9H,4H2,1-3H3/b6-5+. The second-order valence-corrected chi connectivity index (χ2v) is 4.14. The molecule has 0 aliphatic heterocycles. The van der Waals surface area contributed by atoms with Crippen molar-refractivity contribution in [2.45, 2.75) is 20.8 Å². The van der Waals surface area contributed by atoms with Gasteiger partial charge >= 0.3 is 5.97 Å². The molecule has 0 atom stereocenters. The van der Waals surface area contributed by atoms with Crippen molar-refractivity contribution in [2.24, 2.45) is 0 Å². The number of hydrogen-bond donors (Lipinski definition) is 0. The molecule has 18 heavy (non-hydrogen) atoms. The number of fused-ring (bicyclic) bond motifs is 1. The first-order valence-corrected chi connectivity index (χ1v) is 5.91. The highest BCUT2D eigenvalue weighted by Gasteiger charge is 2.02. The zero-order chi connectivity index (χ0) is 13.1. The Hall–Kier alpha value is -2.10. The van der Waals surface area contributed by atoms with E-state index in [2.05, 4.69) is 4.98 Å². The van der Waals surface area contributed by atoms with Gasteiger partial charge in [-0.15, -0.1) is 0 Å². The number of aryl methyl sites for hydroxylation is 2. The van der Waals surface area contributed by atoms with Crippen LogP contribution >= 0.6 is 0 Å². The number of hydrogen-bond acceptors (Lipinski definition) is 3. The monoisotopic (exact) mass is 244 g/mol. The number of imidazole rings is 1. The number of aromatic nitrogens is 2. The molecule has 94 valence electrons. The Morgan fingerprint density at radius 1 is 1.44 bits per heavy atom. The molecule has 0 N–H and O–H groups in total. The van der Waals surface area contributed by atoms with Gasteiger partial charge in [0.2, 0.25) is 0 Å². The van der Waals surface area contributed by atoms with Crippen molar-refractivity contribution in [3.05, 3.63) is 41.4 Å². The Morgan fingerprint density at radius 3 is 2.94 bits per heavy atom. The Balaban J connectivity index is 2.32. The maximum absolute atomic E-state index is 11.3. The molecule has 0 aromatic carbocycles. The van der Waals surface area contributed by atoms with Crippen LogP contribution in [0.2, 0.25) is 0 Å². The summed E-state index contributed by atoms with van der Waals surface area (Å²) in [5.41, 5.74) is 3.95. The van der Waals surface area contributed by atoms with Crippen LogP contribution in [0, 0.1) is 13.8 Å². The molecule has 0 bridgehead atoms. The fraction of sp³-hybridized carbons (Fsp3) is 0.286. The van der Waals surface area contributed by atoms with Gasteiger partial charge in [0.25, 0.3) is 0 Å². The van der Waals surface area contributed by atoms with Crippen LogP contribution in [0.25, 0.3) is 11.7 Å². The maximum atomic E-state index is 11.3. The molecule has 2 heterocycles. The summed E-state index contributed by atoms with van der Waals surface area (Å²) in [5.74, 6) is -0.321. The van der Waals surface area contributed by atoms with Crippen molar-refractivity contribution < 1.29 is 9.53 Å². The number of carbonyl (C=O) groups excluding carboxylic acids is 1. The third-order valence-electron chi connectivity index (χ3n) is 2.65. The molecule has 2 rings (SSSR count). The summed E-state index contributed by atoms with van der Waals surface area (Å²) in [5, 5.41) is 0. The molecule has 0 radical (unpaired) electrons. The van der Waals surface area contributed by atoms with Gasteiger partial charge in [0.15, 0.2) is 0 Å². The average Bonchev–Trinajstić information content (AvgIpc) is 2.65. The second-order valence-electron chi connectivity index (χ2n) is 4.14. The lowest BCUT2D eigenvalue weighted by Crippen LogP contribution is -1.99. The normalized spacial score (nSPS) is 11.3. The maximum Gasteiger partial charge on any atom is 0.330 e. The first-order valence-electron chi connectivity index (χ1n) is 5.91. The van der Waals surface area contributed by atoms with Crippen LogP contribution in [-0.4, -0.2) is 22.0 Å². The zero-order valence-corrected chi connectivity index (χ0v) is 10.8. The first kappa shape index (κ1) is 12.4. The molecule has 4 nitrogen and oxygen atoms in total. The van der Waals surface area contributed by atoms with Crippen LogP contribution in [0.1, 0.15) is 23.7 Å². The number of nitrogens with zero attached hydrogens (tertiary/aromatic N) is 2. The van der Waals surface area contributed by atoms with E-state index in [0.717, 1.165) is 22.5 Å². The lowest BCUT2D eigenvalue weighted by molar-refractivity contribution is -0.137. The molecule has 0 saturated heterocycles. The third kappa shape index (κ3) is 2.59. The predicted molar refractivity (Wildman–Crippen MR) is 70.3 cm³/mol. The molecule has 0 amide bonds. The number of esters is 1. The van der Waals surface area contributed by atoms with Gasteiger partial charge in [-0.1, -0.05) is 0 Å². The summed E-state index contributed by atoms with van der Waals surface area (Å²) < 4.78 is 6.80. The molecule has 0 aliphatic carbocycles. The van der Waals surface area contributed by atoms with Gasteiger partial charge in [-0.2, -0.15) is 0 Å². The van der Waals surface area contributed by atoms with Crippen molar-refractivity contribution in [3.8, 4) is 0 Å². The number of pyridine rings is 1. The van der Waals surface area contributed by atoms with E-state index in [4.69, 9.17) is 4.74 Å². The van der Waals surface area contributed by atoms with Crippen LogP contribution in [0.4, 0.5) is 0 Å². The molecular weight excluding hydrogens is 228 g/mol. The zero-order valence-electron chi connectivity index (χ0n) is 10.8. The van der Waals surface area contributed by atoms with Gasteiger partial charge in [-0.25, -0.2) is 9.78 Å². The van der Waals surface area contributed by atoms with Gasteiger partial charge < -0.3 is 9.14 Å². The highest BCUT2D eigenvalue weighted by atomic mass is 16.5. The van der Waals surface area contributed by atoms with E-state index in [1.54, 1.807) is 13.0 Å².